The van der Waals surface area contributed by atoms with E-state index in [0.717, 1.165) is 8.87 Å². The number of nitrogens with zero attached hydrogens (tertiary/aromatic N) is 3. The minimum Gasteiger partial charge on any atom is -0.306 e. The van der Waals surface area contributed by atoms with Crippen LogP contribution >= 0.6 is 11.6 Å². The molecule has 0 unspecified atom stereocenters. The Kier molecular flexibility index (Phi) is 5.38. The van der Waals surface area contributed by atoms with E-state index in [4.69, 9.17) is 11.6 Å². The maximum atomic E-state index is 13.3. The molecule has 0 radical (unpaired) electrons. The molecule has 2 heterocycles. The van der Waals surface area contributed by atoms with E-state index in [2.05, 4.69) is 9.97 Å². The summed E-state index contributed by atoms with van der Waals surface area (Å²) < 4.78 is 28.6. The van der Waals surface area contributed by atoms with E-state index in [1.54, 1.807) is 49.4 Å². The topological polar surface area (TPSA) is 105 Å². The van der Waals surface area contributed by atoms with Gasteiger partial charge in [0, 0.05) is 12.7 Å². The summed E-state index contributed by atoms with van der Waals surface area (Å²) in [5.74, 6) is 0.252. The van der Waals surface area contributed by atoms with Crippen LogP contribution in [0.25, 0.3) is 16.6 Å². The van der Waals surface area contributed by atoms with Crippen molar-refractivity contribution in [2.24, 2.45) is 0 Å². The number of nitrogens with one attached hydrogen (secondary N) is 1. The van der Waals surface area contributed by atoms with E-state index in [-0.39, 0.29) is 33.4 Å². The van der Waals surface area contributed by atoms with Crippen molar-refractivity contribution >= 4 is 38.3 Å². The average molecular weight is 457 g/mol. The highest BCUT2D eigenvalue weighted by Crippen LogP contribution is 2.27. The highest BCUT2D eigenvalue weighted by molar-refractivity contribution is 7.92. The van der Waals surface area contributed by atoms with Crippen molar-refractivity contribution in [1.29, 1.82) is 0 Å². The Morgan fingerprint density at radius 2 is 1.81 bits per heavy atom. The zero-order valence-corrected chi connectivity index (χ0v) is 17.9. The van der Waals surface area contributed by atoms with Gasteiger partial charge in [0.15, 0.2) is 0 Å². The molecule has 0 bridgehead atoms. The number of fused-ring (bicyclic) bond motifs is 1. The van der Waals surface area contributed by atoms with E-state index in [9.17, 15) is 18.0 Å². The molecule has 8 nitrogen and oxygen atoms in total. The largest absolute Gasteiger partial charge is 0.333 e. The fourth-order valence-corrected chi connectivity index (χ4v) is 4.94. The molecular formula is C21H17ClN4O4S. The first kappa shape index (κ1) is 20.8. The zero-order valence-electron chi connectivity index (χ0n) is 16.3. The Hall–Kier alpha value is -3.43. The SMILES string of the molecule is CCN(c1ccccn1)S(=O)(=O)c1ccc(Cl)c(-n2c(=O)[nH]c3ccccc3c2=O)c1. The molecule has 31 heavy (non-hydrogen) atoms. The standard InChI is InChI=1S/C21H17ClN4O4S/c1-2-25(19-9-5-6-12-23-19)31(29,30)14-10-11-16(22)18(13-14)26-20(27)15-7-3-4-8-17(15)24-21(26)28/h3-13H,2H2,1H3,(H,24,28). The maximum Gasteiger partial charge on any atom is 0.333 e. The van der Waals surface area contributed by atoms with Gasteiger partial charge >= 0.3 is 5.69 Å². The Morgan fingerprint density at radius 3 is 2.52 bits per heavy atom. The summed E-state index contributed by atoms with van der Waals surface area (Å²) in [5, 5.41) is 0.331. The van der Waals surface area contributed by atoms with Crippen LogP contribution in [0.15, 0.2) is 81.3 Å². The van der Waals surface area contributed by atoms with Crippen molar-refractivity contribution in [1.82, 2.24) is 14.5 Å². The fourth-order valence-electron chi connectivity index (χ4n) is 3.29. The number of halogens is 1. The van der Waals surface area contributed by atoms with Crippen molar-refractivity contribution in [2.75, 3.05) is 10.8 Å². The van der Waals surface area contributed by atoms with Crippen molar-refractivity contribution in [2.45, 2.75) is 11.8 Å². The molecule has 2 aromatic heterocycles. The molecule has 2 aromatic carbocycles. The van der Waals surface area contributed by atoms with Gasteiger partial charge in [-0.05, 0) is 49.4 Å². The third-order valence-corrected chi connectivity index (χ3v) is 6.94. The zero-order chi connectivity index (χ0) is 22.2. The third-order valence-electron chi connectivity index (χ3n) is 4.74. The third kappa shape index (κ3) is 3.62. The summed E-state index contributed by atoms with van der Waals surface area (Å²) in [6.07, 6.45) is 1.50. The number of rotatable bonds is 5. The molecule has 4 aromatic rings. The molecule has 0 saturated carbocycles. The number of hydrogen-bond donors (Lipinski definition) is 1. The molecule has 0 aliphatic rings. The van der Waals surface area contributed by atoms with Gasteiger partial charge in [0.1, 0.15) is 5.82 Å². The predicted octanol–water partition coefficient (Wildman–Crippen LogP) is 2.94. The molecule has 158 valence electrons. The molecule has 10 heteroatoms. The van der Waals surface area contributed by atoms with Gasteiger partial charge in [-0.1, -0.05) is 29.8 Å². The monoisotopic (exact) mass is 456 g/mol. The molecule has 0 atom stereocenters. The number of H-pyrrole nitrogens is 1. The van der Waals surface area contributed by atoms with E-state index < -0.39 is 21.3 Å². The lowest BCUT2D eigenvalue weighted by Crippen LogP contribution is -2.34. The molecule has 4 rings (SSSR count). The summed E-state index contributed by atoms with van der Waals surface area (Å²) in [5.41, 5.74) is -0.983. The van der Waals surface area contributed by atoms with Crippen molar-refractivity contribution in [3.63, 3.8) is 0 Å². The van der Waals surface area contributed by atoms with Crippen LogP contribution in [0, 0.1) is 0 Å². The highest BCUT2D eigenvalue weighted by Gasteiger charge is 2.26. The van der Waals surface area contributed by atoms with Crippen LogP contribution in [-0.2, 0) is 10.0 Å². The normalized spacial score (nSPS) is 11.5. The van der Waals surface area contributed by atoms with Gasteiger partial charge in [-0.15, -0.1) is 0 Å². The second kappa shape index (κ2) is 8.01. The van der Waals surface area contributed by atoms with Gasteiger partial charge in [-0.25, -0.2) is 22.8 Å². The van der Waals surface area contributed by atoms with E-state index in [1.165, 1.54) is 24.4 Å². The first-order valence-corrected chi connectivity index (χ1v) is 11.1. The smallest absolute Gasteiger partial charge is 0.306 e. The van der Waals surface area contributed by atoms with Crippen LogP contribution < -0.4 is 15.6 Å². The van der Waals surface area contributed by atoms with Gasteiger partial charge in [0.25, 0.3) is 15.6 Å². The first-order chi connectivity index (χ1) is 14.8. The van der Waals surface area contributed by atoms with E-state index >= 15 is 0 Å². The van der Waals surface area contributed by atoms with Gasteiger partial charge in [-0.3, -0.25) is 9.10 Å². The predicted molar refractivity (Wildman–Crippen MR) is 120 cm³/mol. The molecular weight excluding hydrogens is 440 g/mol. The average Bonchev–Trinajstić information content (AvgIpc) is 2.76. The van der Waals surface area contributed by atoms with Crippen LogP contribution in [0.4, 0.5) is 5.82 Å². The van der Waals surface area contributed by atoms with Gasteiger partial charge in [0.2, 0.25) is 0 Å². The molecule has 1 N–H and O–H groups in total. The molecule has 0 fully saturated rings. The van der Waals surface area contributed by atoms with Crippen LogP contribution in [0.2, 0.25) is 5.02 Å². The quantitative estimate of drug-likeness (QED) is 0.497. The van der Waals surface area contributed by atoms with Gasteiger partial charge < -0.3 is 4.98 Å². The number of benzene rings is 2. The lowest BCUT2D eigenvalue weighted by molar-refractivity contribution is 0.591. The van der Waals surface area contributed by atoms with Crippen molar-refractivity contribution in [3.8, 4) is 5.69 Å². The summed E-state index contributed by atoms with van der Waals surface area (Å²) in [7, 11) is -4.04. The molecule has 0 saturated heterocycles. The minimum atomic E-state index is -4.04. The molecule has 0 spiro atoms. The van der Waals surface area contributed by atoms with Gasteiger partial charge in [-0.2, -0.15) is 0 Å². The summed E-state index contributed by atoms with van der Waals surface area (Å²) in [6.45, 7) is 1.81. The summed E-state index contributed by atoms with van der Waals surface area (Å²) in [4.78, 5) is 32.3. The number of pyridine rings is 1. The molecule has 0 aliphatic heterocycles. The Labute approximate surface area is 182 Å². The summed E-state index contributed by atoms with van der Waals surface area (Å²) in [6, 6.07) is 15.4. The Morgan fingerprint density at radius 1 is 1.06 bits per heavy atom. The fraction of sp³-hybridized carbons (Fsp3) is 0.0952. The first-order valence-electron chi connectivity index (χ1n) is 9.32. The maximum absolute atomic E-state index is 13.3. The number of anilines is 1. The second-order valence-electron chi connectivity index (χ2n) is 6.59. The lowest BCUT2D eigenvalue weighted by Gasteiger charge is -2.22. The lowest BCUT2D eigenvalue weighted by atomic mass is 10.2. The van der Waals surface area contributed by atoms with E-state index in [1.807, 2.05) is 0 Å². The minimum absolute atomic E-state index is 0.0307. The van der Waals surface area contributed by atoms with Crippen LogP contribution in [0.3, 0.4) is 0 Å². The number of aromatic amines is 1. The molecule has 0 amide bonds. The van der Waals surface area contributed by atoms with Crippen molar-refractivity contribution < 1.29 is 8.42 Å². The Bertz CT molecular complexity index is 1500. The van der Waals surface area contributed by atoms with Crippen LogP contribution in [0.5, 0.6) is 0 Å². The van der Waals surface area contributed by atoms with Gasteiger partial charge in [0.05, 0.1) is 26.5 Å². The second-order valence-corrected chi connectivity index (χ2v) is 8.86. The van der Waals surface area contributed by atoms with Crippen LogP contribution in [-0.4, -0.2) is 29.5 Å². The number of para-hydroxylation sites is 1. The Balaban J connectivity index is 1.92. The molecule has 0 aliphatic carbocycles. The summed E-state index contributed by atoms with van der Waals surface area (Å²) >= 11 is 6.27. The number of aromatic nitrogens is 3. The number of sulfonamides is 1. The van der Waals surface area contributed by atoms with Crippen molar-refractivity contribution in [3.05, 3.63) is 92.7 Å². The van der Waals surface area contributed by atoms with Crippen LogP contribution in [0.1, 0.15) is 6.92 Å². The number of hydrogen-bond acceptors (Lipinski definition) is 5. The highest BCUT2D eigenvalue weighted by atomic mass is 35.5. The van der Waals surface area contributed by atoms with E-state index in [0.29, 0.717) is 5.52 Å².